The first-order chi connectivity index (χ1) is 13.9. The van der Waals surface area contributed by atoms with Crippen LogP contribution in [0, 0.1) is 5.92 Å². The second-order valence-electron chi connectivity index (χ2n) is 7.33. The highest BCUT2D eigenvalue weighted by Crippen LogP contribution is 2.21. The van der Waals surface area contributed by atoms with Gasteiger partial charge in [-0.2, -0.15) is 0 Å². The minimum atomic E-state index is -3.72. The van der Waals surface area contributed by atoms with Crippen LogP contribution in [0.2, 0.25) is 0 Å². The number of nitrogens with zero attached hydrogens (tertiary/aromatic N) is 1. The summed E-state index contributed by atoms with van der Waals surface area (Å²) in [6, 6.07) is 6.05. The molecule has 1 aromatic rings. The average molecular weight is 425 g/mol. The van der Waals surface area contributed by atoms with Gasteiger partial charge in [-0.15, -0.1) is 0 Å². The molecule has 0 aliphatic carbocycles. The number of rotatable bonds is 7. The lowest BCUT2D eigenvalue weighted by Crippen LogP contribution is -2.40. The van der Waals surface area contributed by atoms with Gasteiger partial charge < -0.3 is 14.4 Å². The maximum atomic E-state index is 12.8. The van der Waals surface area contributed by atoms with E-state index in [1.807, 2.05) is 0 Å². The zero-order chi connectivity index (χ0) is 20.9. The molecule has 29 heavy (non-hydrogen) atoms. The van der Waals surface area contributed by atoms with Crippen molar-refractivity contribution in [1.29, 1.82) is 0 Å². The summed E-state index contributed by atoms with van der Waals surface area (Å²) in [7, 11) is -3.72. The van der Waals surface area contributed by atoms with E-state index in [1.165, 1.54) is 12.1 Å². The summed E-state index contributed by atoms with van der Waals surface area (Å²) in [5.74, 6) is -0.638. The van der Waals surface area contributed by atoms with Crippen LogP contribution in [0.15, 0.2) is 29.2 Å². The monoisotopic (exact) mass is 424 g/mol. The lowest BCUT2D eigenvalue weighted by molar-refractivity contribution is -0.149. The van der Waals surface area contributed by atoms with E-state index in [-0.39, 0.29) is 35.3 Å². The Hall–Kier alpha value is -1.97. The zero-order valence-corrected chi connectivity index (χ0v) is 17.4. The quantitative estimate of drug-likeness (QED) is 0.667. The molecule has 9 heteroatoms. The summed E-state index contributed by atoms with van der Waals surface area (Å²) >= 11 is 0. The fourth-order valence-electron chi connectivity index (χ4n) is 3.65. The molecule has 2 aliphatic heterocycles. The SMILES string of the molecule is CCOC(=O)C1CCN(C(=O)c2cccc(S(=O)(=O)NCC3CCCO3)c2)CC1. The molecule has 0 spiro atoms. The largest absolute Gasteiger partial charge is 0.466 e. The fourth-order valence-corrected chi connectivity index (χ4v) is 4.76. The van der Waals surface area contributed by atoms with Gasteiger partial charge in [0.05, 0.1) is 23.5 Å². The van der Waals surface area contributed by atoms with Crippen LogP contribution >= 0.6 is 0 Å². The third-order valence-electron chi connectivity index (χ3n) is 5.32. The van der Waals surface area contributed by atoms with Crippen LogP contribution < -0.4 is 4.72 Å². The number of likely N-dealkylation sites (tertiary alicyclic amines) is 1. The number of ether oxygens (including phenoxy) is 2. The van der Waals surface area contributed by atoms with Crippen molar-refractivity contribution >= 4 is 21.9 Å². The molecule has 2 fully saturated rings. The van der Waals surface area contributed by atoms with E-state index in [0.717, 1.165) is 12.8 Å². The minimum absolute atomic E-state index is 0.0581. The Bertz CT molecular complexity index is 827. The molecule has 0 aromatic heterocycles. The summed E-state index contributed by atoms with van der Waals surface area (Å²) in [4.78, 5) is 26.4. The summed E-state index contributed by atoms with van der Waals surface area (Å²) in [5.41, 5.74) is 0.319. The van der Waals surface area contributed by atoms with E-state index in [9.17, 15) is 18.0 Å². The van der Waals surface area contributed by atoms with Gasteiger partial charge in [-0.25, -0.2) is 13.1 Å². The standard InChI is InChI=1S/C20H28N2O6S/c1-2-27-20(24)15-8-10-22(11-9-15)19(23)16-5-3-7-18(13-16)29(25,26)21-14-17-6-4-12-28-17/h3,5,7,13,15,17,21H,2,4,6,8-12,14H2,1H3. The topological polar surface area (TPSA) is 102 Å². The van der Waals surface area contributed by atoms with Gasteiger partial charge in [0.25, 0.3) is 5.91 Å². The lowest BCUT2D eigenvalue weighted by Gasteiger charge is -2.31. The van der Waals surface area contributed by atoms with Crippen LogP contribution in [0.1, 0.15) is 43.0 Å². The molecule has 3 rings (SSSR count). The maximum absolute atomic E-state index is 12.8. The Morgan fingerprint density at radius 1 is 1.24 bits per heavy atom. The molecular formula is C20H28N2O6S. The molecular weight excluding hydrogens is 396 g/mol. The number of carbonyl (C=O) groups excluding carboxylic acids is 2. The molecule has 2 aliphatic rings. The van der Waals surface area contributed by atoms with Crippen molar-refractivity contribution < 1.29 is 27.5 Å². The average Bonchev–Trinajstić information content (AvgIpc) is 3.26. The van der Waals surface area contributed by atoms with Gasteiger partial charge >= 0.3 is 5.97 Å². The van der Waals surface area contributed by atoms with Crippen molar-refractivity contribution in [3.63, 3.8) is 0 Å². The number of hydrogen-bond acceptors (Lipinski definition) is 6. The molecule has 2 heterocycles. The van der Waals surface area contributed by atoms with E-state index in [4.69, 9.17) is 9.47 Å². The summed E-state index contributed by atoms with van der Waals surface area (Å²) < 4.78 is 38.2. The highest BCUT2D eigenvalue weighted by molar-refractivity contribution is 7.89. The number of amides is 1. The van der Waals surface area contributed by atoms with Crippen LogP contribution in [0.4, 0.5) is 0 Å². The van der Waals surface area contributed by atoms with Crippen LogP contribution in [-0.4, -0.2) is 64.1 Å². The van der Waals surface area contributed by atoms with Gasteiger partial charge in [0.1, 0.15) is 0 Å². The van der Waals surface area contributed by atoms with E-state index in [0.29, 0.717) is 44.7 Å². The molecule has 1 N–H and O–H groups in total. The van der Waals surface area contributed by atoms with E-state index < -0.39 is 10.0 Å². The van der Waals surface area contributed by atoms with Gasteiger partial charge in [-0.05, 0) is 50.8 Å². The van der Waals surface area contributed by atoms with Crippen molar-refractivity contribution in [2.75, 3.05) is 32.8 Å². The van der Waals surface area contributed by atoms with E-state index >= 15 is 0 Å². The van der Waals surface area contributed by atoms with Crippen LogP contribution in [0.3, 0.4) is 0 Å². The molecule has 0 bridgehead atoms. The molecule has 0 radical (unpaired) electrons. The van der Waals surface area contributed by atoms with Crippen molar-refractivity contribution in [2.45, 2.75) is 43.6 Å². The predicted molar refractivity (Wildman–Crippen MR) is 106 cm³/mol. The second-order valence-corrected chi connectivity index (χ2v) is 9.10. The Morgan fingerprint density at radius 3 is 2.66 bits per heavy atom. The fraction of sp³-hybridized carbons (Fsp3) is 0.600. The molecule has 1 aromatic carbocycles. The van der Waals surface area contributed by atoms with Crippen LogP contribution in [-0.2, 0) is 24.3 Å². The molecule has 1 unspecified atom stereocenters. The summed E-state index contributed by atoms with van der Waals surface area (Å²) in [6.07, 6.45) is 2.76. The maximum Gasteiger partial charge on any atom is 0.309 e. The highest BCUT2D eigenvalue weighted by Gasteiger charge is 2.29. The highest BCUT2D eigenvalue weighted by atomic mass is 32.2. The van der Waals surface area contributed by atoms with Crippen molar-refractivity contribution in [2.24, 2.45) is 5.92 Å². The minimum Gasteiger partial charge on any atom is -0.466 e. The first kappa shape index (κ1) is 21.7. The Morgan fingerprint density at radius 2 is 2.00 bits per heavy atom. The molecule has 8 nitrogen and oxygen atoms in total. The van der Waals surface area contributed by atoms with Gasteiger partial charge in [0, 0.05) is 31.8 Å². The molecule has 160 valence electrons. The first-order valence-electron chi connectivity index (χ1n) is 10.1. The Balaban J connectivity index is 1.61. The number of nitrogens with one attached hydrogen (secondary N) is 1. The Labute approximate surface area is 171 Å². The van der Waals surface area contributed by atoms with Crippen molar-refractivity contribution in [3.8, 4) is 0 Å². The second kappa shape index (κ2) is 9.69. The van der Waals surface area contributed by atoms with Crippen molar-refractivity contribution in [1.82, 2.24) is 9.62 Å². The zero-order valence-electron chi connectivity index (χ0n) is 16.6. The third-order valence-corrected chi connectivity index (χ3v) is 6.74. The van der Waals surface area contributed by atoms with E-state index in [1.54, 1.807) is 24.0 Å². The number of benzene rings is 1. The first-order valence-corrected chi connectivity index (χ1v) is 11.6. The van der Waals surface area contributed by atoms with Crippen molar-refractivity contribution in [3.05, 3.63) is 29.8 Å². The molecule has 0 saturated carbocycles. The van der Waals surface area contributed by atoms with E-state index in [2.05, 4.69) is 4.72 Å². The number of hydrogen-bond donors (Lipinski definition) is 1. The Kier molecular flexibility index (Phi) is 7.26. The molecule has 2 saturated heterocycles. The van der Waals surface area contributed by atoms with Crippen LogP contribution in [0.5, 0.6) is 0 Å². The van der Waals surface area contributed by atoms with Gasteiger partial charge in [0.2, 0.25) is 10.0 Å². The molecule has 1 amide bonds. The van der Waals surface area contributed by atoms with Gasteiger partial charge in [-0.1, -0.05) is 6.07 Å². The summed E-state index contributed by atoms with van der Waals surface area (Å²) in [6.45, 7) is 3.88. The number of sulfonamides is 1. The third kappa shape index (κ3) is 5.55. The normalized spacial score (nSPS) is 20.6. The van der Waals surface area contributed by atoms with Gasteiger partial charge in [0.15, 0.2) is 0 Å². The number of carbonyl (C=O) groups is 2. The predicted octanol–water partition coefficient (Wildman–Crippen LogP) is 1.56. The van der Waals surface area contributed by atoms with Crippen LogP contribution in [0.25, 0.3) is 0 Å². The molecule has 1 atom stereocenters. The number of esters is 1. The summed E-state index contributed by atoms with van der Waals surface area (Å²) in [5, 5.41) is 0. The number of piperidine rings is 1. The van der Waals surface area contributed by atoms with Gasteiger partial charge in [-0.3, -0.25) is 9.59 Å². The lowest BCUT2D eigenvalue weighted by atomic mass is 9.96. The smallest absolute Gasteiger partial charge is 0.309 e.